The molecule has 6 heteroatoms. The van der Waals surface area contributed by atoms with E-state index in [4.69, 9.17) is 0 Å². The molecule has 1 aromatic heterocycles. The Hall–Kier alpha value is -2.89. The molecule has 1 aromatic carbocycles. The molecule has 1 fully saturated rings. The van der Waals surface area contributed by atoms with Crippen LogP contribution < -0.4 is 10.2 Å². The Kier molecular flexibility index (Phi) is 4.93. The number of anilines is 1. The number of pyridine rings is 1. The highest BCUT2D eigenvalue weighted by atomic mass is 16.4. The minimum atomic E-state index is -0.998. The van der Waals surface area contributed by atoms with Gasteiger partial charge in [0.05, 0.1) is 6.04 Å². The van der Waals surface area contributed by atoms with E-state index in [1.54, 1.807) is 12.1 Å². The number of hydrogen-bond donors (Lipinski definition) is 2. The van der Waals surface area contributed by atoms with Gasteiger partial charge in [0, 0.05) is 31.6 Å². The van der Waals surface area contributed by atoms with Crippen LogP contribution in [0.15, 0.2) is 36.4 Å². The summed E-state index contributed by atoms with van der Waals surface area (Å²) in [6.45, 7) is 6.50. The fraction of sp³-hybridized carbons (Fsp3) is 0.350. The Morgan fingerprint density at radius 3 is 2.42 bits per heavy atom. The van der Waals surface area contributed by atoms with Gasteiger partial charge < -0.3 is 15.3 Å². The SMILES string of the molecule is CC(=O)N[C@H]1CN(c2nc(C)ccc2C(=O)O)C[C@@H]1c1ccc(C)cc1. The molecule has 1 aliphatic rings. The minimum absolute atomic E-state index is 0.0726. The number of aromatic carboxylic acids is 1. The highest BCUT2D eigenvalue weighted by Gasteiger charge is 2.36. The lowest BCUT2D eigenvalue weighted by Gasteiger charge is -2.20. The summed E-state index contributed by atoms with van der Waals surface area (Å²) in [5.74, 6) is -0.557. The number of aryl methyl sites for hydroxylation is 2. The predicted octanol–water partition coefficient (Wildman–Crippen LogP) is 2.51. The molecule has 0 radical (unpaired) electrons. The molecule has 136 valence electrons. The van der Waals surface area contributed by atoms with Crippen molar-refractivity contribution in [3.63, 3.8) is 0 Å². The van der Waals surface area contributed by atoms with Crippen molar-refractivity contribution in [3.05, 3.63) is 58.8 Å². The Morgan fingerprint density at radius 2 is 1.81 bits per heavy atom. The van der Waals surface area contributed by atoms with Crippen LogP contribution in [0.4, 0.5) is 5.82 Å². The summed E-state index contributed by atoms with van der Waals surface area (Å²) < 4.78 is 0. The summed E-state index contributed by atoms with van der Waals surface area (Å²) in [6, 6.07) is 11.4. The molecule has 0 spiro atoms. The zero-order valence-electron chi connectivity index (χ0n) is 15.2. The van der Waals surface area contributed by atoms with Gasteiger partial charge >= 0.3 is 5.97 Å². The average Bonchev–Trinajstić information content (AvgIpc) is 2.98. The molecule has 2 atom stereocenters. The van der Waals surface area contributed by atoms with Crippen LogP contribution in [-0.4, -0.2) is 41.1 Å². The number of rotatable bonds is 4. The predicted molar refractivity (Wildman–Crippen MR) is 99.7 cm³/mol. The molecule has 0 unspecified atom stereocenters. The van der Waals surface area contributed by atoms with E-state index in [2.05, 4.69) is 34.6 Å². The van der Waals surface area contributed by atoms with Gasteiger partial charge in [0.25, 0.3) is 0 Å². The summed E-state index contributed by atoms with van der Waals surface area (Å²) in [7, 11) is 0. The van der Waals surface area contributed by atoms with Crippen LogP contribution >= 0.6 is 0 Å². The van der Waals surface area contributed by atoms with Gasteiger partial charge in [-0.1, -0.05) is 29.8 Å². The van der Waals surface area contributed by atoms with Gasteiger partial charge in [0.1, 0.15) is 11.4 Å². The molecule has 1 amide bonds. The highest BCUT2D eigenvalue weighted by Crippen LogP contribution is 2.32. The summed E-state index contributed by atoms with van der Waals surface area (Å²) in [5, 5.41) is 12.5. The third-order valence-electron chi connectivity index (χ3n) is 4.76. The van der Waals surface area contributed by atoms with Gasteiger partial charge in [-0.3, -0.25) is 4.79 Å². The number of aromatic nitrogens is 1. The van der Waals surface area contributed by atoms with Gasteiger partial charge in [0.2, 0.25) is 5.91 Å². The monoisotopic (exact) mass is 353 g/mol. The van der Waals surface area contributed by atoms with E-state index in [0.717, 1.165) is 11.3 Å². The molecule has 0 bridgehead atoms. The van der Waals surface area contributed by atoms with E-state index < -0.39 is 5.97 Å². The lowest BCUT2D eigenvalue weighted by atomic mass is 9.93. The smallest absolute Gasteiger partial charge is 0.339 e. The number of carbonyl (C=O) groups excluding carboxylic acids is 1. The second kappa shape index (κ2) is 7.15. The molecule has 2 heterocycles. The van der Waals surface area contributed by atoms with Crippen molar-refractivity contribution in [2.45, 2.75) is 32.7 Å². The highest BCUT2D eigenvalue weighted by molar-refractivity contribution is 5.93. The molecule has 2 N–H and O–H groups in total. The summed E-state index contributed by atoms with van der Waals surface area (Å²) in [5.41, 5.74) is 3.25. The molecule has 2 aromatic rings. The molecule has 6 nitrogen and oxygen atoms in total. The van der Waals surface area contributed by atoms with Crippen LogP contribution in [0.1, 0.15) is 40.0 Å². The Bertz CT molecular complexity index is 833. The second-order valence-electron chi connectivity index (χ2n) is 6.86. The molecule has 1 aliphatic heterocycles. The number of carbonyl (C=O) groups is 2. The first-order chi connectivity index (χ1) is 12.3. The molecule has 0 aliphatic carbocycles. The quantitative estimate of drug-likeness (QED) is 0.882. The lowest BCUT2D eigenvalue weighted by molar-refractivity contribution is -0.119. The average molecular weight is 353 g/mol. The van der Waals surface area contributed by atoms with E-state index in [0.29, 0.717) is 18.9 Å². The standard InChI is InChI=1S/C20H23N3O3/c1-12-4-7-15(8-5-12)17-10-23(11-18(17)22-14(3)24)19-16(20(25)26)9-6-13(2)21-19/h4-9,17-18H,10-11H2,1-3H3,(H,22,24)(H,25,26)/t17-,18+/m1/s1. The number of hydrogen-bond acceptors (Lipinski definition) is 4. The van der Waals surface area contributed by atoms with Crippen molar-refractivity contribution < 1.29 is 14.7 Å². The van der Waals surface area contributed by atoms with Crippen molar-refractivity contribution in [1.82, 2.24) is 10.3 Å². The van der Waals surface area contributed by atoms with Crippen LogP contribution in [0.5, 0.6) is 0 Å². The number of carboxylic acid groups (broad SMARTS) is 1. The van der Waals surface area contributed by atoms with E-state index in [1.165, 1.54) is 12.5 Å². The van der Waals surface area contributed by atoms with Crippen LogP contribution in [0, 0.1) is 13.8 Å². The molecule has 3 rings (SSSR count). The number of benzene rings is 1. The lowest BCUT2D eigenvalue weighted by Crippen LogP contribution is -2.38. The van der Waals surface area contributed by atoms with E-state index in [-0.39, 0.29) is 23.4 Å². The van der Waals surface area contributed by atoms with Crippen LogP contribution in [0.2, 0.25) is 0 Å². The number of amides is 1. The summed E-state index contributed by atoms with van der Waals surface area (Å²) in [6.07, 6.45) is 0. The van der Waals surface area contributed by atoms with E-state index in [1.807, 2.05) is 18.7 Å². The minimum Gasteiger partial charge on any atom is -0.478 e. The Morgan fingerprint density at radius 1 is 1.12 bits per heavy atom. The normalized spacial score (nSPS) is 19.4. The fourth-order valence-electron chi connectivity index (χ4n) is 3.49. The third kappa shape index (κ3) is 3.69. The van der Waals surface area contributed by atoms with Crippen molar-refractivity contribution >= 4 is 17.7 Å². The molecular weight excluding hydrogens is 330 g/mol. The van der Waals surface area contributed by atoms with Gasteiger partial charge in [0.15, 0.2) is 0 Å². The largest absolute Gasteiger partial charge is 0.478 e. The van der Waals surface area contributed by atoms with Crippen LogP contribution in [-0.2, 0) is 4.79 Å². The zero-order valence-corrected chi connectivity index (χ0v) is 15.2. The van der Waals surface area contributed by atoms with E-state index in [9.17, 15) is 14.7 Å². The molecular formula is C20H23N3O3. The maximum Gasteiger partial charge on any atom is 0.339 e. The van der Waals surface area contributed by atoms with Crippen LogP contribution in [0.25, 0.3) is 0 Å². The Labute approximate surface area is 152 Å². The maximum atomic E-state index is 11.7. The summed E-state index contributed by atoms with van der Waals surface area (Å²) in [4.78, 5) is 29.7. The zero-order chi connectivity index (χ0) is 18.8. The van der Waals surface area contributed by atoms with Crippen molar-refractivity contribution in [1.29, 1.82) is 0 Å². The molecule has 0 saturated carbocycles. The molecule has 1 saturated heterocycles. The van der Waals surface area contributed by atoms with Crippen molar-refractivity contribution in [3.8, 4) is 0 Å². The van der Waals surface area contributed by atoms with Crippen LogP contribution in [0.3, 0.4) is 0 Å². The van der Waals surface area contributed by atoms with Gasteiger partial charge in [-0.15, -0.1) is 0 Å². The maximum absolute atomic E-state index is 11.7. The van der Waals surface area contributed by atoms with E-state index >= 15 is 0 Å². The first-order valence-corrected chi connectivity index (χ1v) is 8.64. The van der Waals surface area contributed by atoms with Crippen molar-refractivity contribution in [2.24, 2.45) is 0 Å². The van der Waals surface area contributed by atoms with Crippen molar-refractivity contribution in [2.75, 3.05) is 18.0 Å². The van der Waals surface area contributed by atoms with Gasteiger partial charge in [-0.2, -0.15) is 0 Å². The number of carboxylic acids is 1. The summed E-state index contributed by atoms with van der Waals surface area (Å²) >= 11 is 0. The Balaban J connectivity index is 1.96. The fourth-order valence-corrected chi connectivity index (χ4v) is 3.49. The number of nitrogens with zero attached hydrogens (tertiary/aromatic N) is 2. The second-order valence-corrected chi connectivity index (χ2v) is 6.86. The van der Waals surface area contributed by atoms with Gasteiger partial charge in [-0.05, 0) is 31.5 Å². The first kappa shape index (κ1) is 17.9. The number of nitrogens with one attached hydrogen (secondary N) is 1. The topological polar surface area (TPSA) is 82.5 Å². The first-order valence-electron chi connectivity index (χ1n) is 8.64. The third-order valence-corrected chi connectivity index (χ3v) is 4.76. The molecule has 26 heavy (non-hydrogen) atoms. The van der Waals surface area contributed by atoms with Gasteiger partial charge in [-0.25, -0.2) is 9.78 Å².